The zero-order valence-corrected chi connectivity index (χ0v) is 21.0. The van der Waals surface area contributed by atoms with Gasteiger partial charge in [0.15, 0.2) is 0 Å². The zero-order valence-electron chi connectivity index (χ0n) is 20.2. The van der Waals surface area contributed by atoms with E-state index >= 15 is 0 Å². The average Bonchev–Trinajstić information content (AvgIpc) is 3.22. The number of likely N-dealkylation sites (N-methyl/N-ethyl adjacent to an activating group) is 1. The molecule has 0 aromatic heterocycles. The number of hydrogen-bond donors (Lipinski definition) is 1. The lowest BCUT2D eigenvalue weighted by Crippen LogP contribution is -2.22. The van der Waals surface area contributed by atoms with Gasteiger partial charge in [-0.1, -0.05) is 90.5 Å². The van der Waals surface area contributed by atoms with Gasteiger partial charge in [0.05, 0.1) is 11.4 Å². The summed E-state index contributed by atoms with van der Waals surface area (Å²) < 4.78 is 0. The van der Waals surface area contributed by atoms with Crippen LogP contribution in [0.15, 0.2) is 108 Å². The van der Waals surface area contributed by atoms with Crippen molar-refractivity contribution < 1.29 is 4.79 Å². The van der Waals surface area contributed by atoms with E-state index in [4.69, 9.17) is 16.6 Å². The van der Waals surface area contributed by atoms with Crippen molar-refractivity contribution in [3.63, 3.8) is 0 Å². The molecule has 0 saturated heterocycles. The number of fused-ring (bicyclic) bond motifs is 1. The van der Waals surface area contributed by atoms with Gasteiger partial charge in [0, 0.05) is 23.8 Å². The highest BCUT2D eigenvalue weighted by molar-refractivity contribution is 6.31. The quantitative estimate of drug-likeness (QED) is 0.272. The third kappa shape index (κ3) is 5.56. The highest BCUT2D eigenvalue weighted by atomic mass is 35.5. The smallest absolute Gasteiger partial charge is 0.238 e. The van der Waals surface area contributed by atoms with Crippen molar-refractivity contribution in [3.8, 4) is 0 Å². The predicted octanol–water partition coefficient (Wildman–Crippen LogP) is 6.87. The fourth-order valence-corrected chi connectivity index (χ4v) is 4.75. The highest BCUT2D eigenvalue weighted by Gasteiger charge is 2.35. The Morgan fingerprint density at radius 3 is 2.31 bits per heavy atom. The average molecular weight is 494 g/mol. The topological polar surface area (TPSA) is 44.7 Å². The second kappa shape index (κ2) is 10.9. The Hall–Kier alpha value is -3.73. The van der Waals surface area contributed by atoms with E-state index in [0.29, 0.717) is 5.02 Å². The van der Waals surface area contributed by atoms with Gasteiger partial charge < -0.3 is 10.2 Å². The van der Waals surface area contributed by atoms with Crippen molar-refractivity contribution in [3.05, 3.63) is 130 Å². The van der Waals surface area contributed by atoms with E-state index in [0.717, 1.165) is 47.7 Å². The number of aliphatic imine (C=N–C) groups is 1. The van der Waals surface area contributed by atoms with Crippen molar-refractivity contribution in [1.29, 1.82) is 0 Å². The standard InChI is InChI=1S/C31H28ClN3O/c1-35(19-18-22-8-4-2-5-9-22)21-23-12-15-26(16-13-23)33-30(24-10-6-3-7-11-24)29-27-17-14-25(32)20-28(27)34-31(29)36/h2-17,20,29H,18-19,21H2,1H3,(H,34,36). The maximum absolute atomic E-state index is 13.0. The van der Waals surface area contributed by atoms with Gasteiger partial charge in [-0.2, -0.15) is 0 Å². The van der Waals surface area contributed by atoms with E-state index in [1.807, 2.05) is 60.7 Å². The molecule has 1 heterocycles. The Balaban J connectivity index is 1.36. The molecule has 0 saturated carbocycles. The molecule has 36 heavy (non-hydrogen) atoms. The molecule has 1 aliphatic heterocycles. The normalized spacial score (nSPS) is 15.1. The van der Waals surface area contributed by atoms with Crippen molar-refractivity contribution in [1.82, 2.24) is 4.90 Å². The van der Waals surface area contributed by atoms with Gasteiger partial charge in [0.25, 0.3) is 0 Å². The summed E-state index contributed by atoms with van der Waals surface area (Å²) in [6.45, 7) is 1.85. The van der Waals surface area contributed by atoms with Gasteiger partial charge in [-0.05, 0) is 60.0 Å². The van der Waals surface area contributed by atoms with Crippen LogP contribution < -0.4 is 5.32 Å². The number of benzene rings is 4. The van der Waals surface area contributed by atoms with Crippen LogP contribution in [0.3, 0.4) is 0 Å². The van der Waals surface area contributed by atoms with Gasteiger partial charge in [-0.25, -0.2) is 0 Å². The molecule has 1 aliphatic rings. The van der Waals surface area contributed by atoms with E-state index in [2.05, 4.69) is 53.7 Å². The van der Waals surface area contributed by atoms with Crippen molar-refractivity contribution >= 4 is 34.6 Å². The van der Waals surface area contributed by atoms with Crippen LogP contribution in [0.4, 0.5) is 11.4 Å². The molecule has 5 rings (SSSR count). The second-order valence-electron chi connectivity index (χ2n) is 9.16. The molecule has 1 amide bonds. The molecule has 4 nitrogen and oxygen atoms in total. The number of nitrogens with one attached hydrogen (secondary N) is 1. The zero-order chi connectivity index (χ0) is 24.9. The fraction of sp³-hybridized carbons (Fsp3) is 0.161. The van der Waals surface area contributed by atoms with Crippen LogP contribution in [0.25, 0.3) is 0 Å². The number of anilines is 1. The number of amides is 1. The number of rotatable bonds is 8. The molecule has 4 aromatic carbocycles. The number of carbonyl (C=O) groups excluding carboxylic acids is 1. The molecular formula is C31H28ClN3O. The van der Waals surface area contributed by atoms with Gasteiger partial charge in [0.1, 0.15) is 5.92 Å². The Kier molecular flexibility index (Phi) is 7.26. The summed E-state index contributed by atoms with van der Waals surface area (Å²) >= 11 is 6.16. The summed E-state index contributed by atoms with van der Waals surface area (Å²) in [5, 5.41) is 3.56. The van der Waals surface area contributed by atoms with Crippen LogP contribution in [0, 0.1) is 0 Å². The van der Waals surface area contributed by atoms with Crippen molar-refractivity contribution in [2.75, 3.05) is 18.9 Å². The number of hydrogen-bond acceptors (Lipinski definition) is 3. The lowest BCUT2D eigenvalue weighted by molar-refractivity contribution is -0.115. The molecule has 0 fully saturated rings. The molecule has 0 radical (unpaired) electrons. The van der Waals surface area contributed by atoms with Crippen LogP contribution >= 0.6 is 11.6 Å². The minimum absolute atomic E-state index is 0.0912. The largest absolute Gasteiger partial charge is 0.325 e. The van der Waals surface area contributed by atoms with E-state index in [1.54, 1.807) is 6.07 Å². The summed E-state index contributed by atoms with van der Waals surface area (Å²) in [7, 11) is 2.14. The van der Waals surface area contributed by atoms with E-state index in [1.165, 1.54) is 11.1 Å². The summed E-state index contributed by atoms with van der Waals surface area (Å²) in [5.74, 6) is -0.588. The molecule has 4 aromatic rings. The third-order valence-corrected chi connectivity index (χ3v) is 6.69. The summed E-state index contributed by atoms with van der Waals surface area (Å²) in [6.07, 6.45) is 1.02. The first-order valence-corrected chi connectivity index (χ1v) is 12.5. The van der Waals surface area contributed by atoms with Crippen LogP contribution in [0.5, 0.6) is 0 Å². The molecule has 0 aliphatic carbocycles. The lowest BCUT2D eigenvalue weighted by atomic mass is 9.90. The Morgan fingerprint density at radius 2 is 1.58 bits per heavy atom. The number of nitrogens with zero attached hydrogens (tertiary/aromatic N) is 2. The van der Waals surface area contributed by atoms with Crippen LogP contribution in [-0.2, 0) is 17.8 Å². The monoisotopic (exact) mass is 493 g/mol. The Bertz CT molecular complexity index is 1370. The van der Waals surface area contributed by atoms with Crippen LogP contribution in [-0.4, -0.2) is 30.1 Å². The molecule has 0 spiro atoms. The fourth-order valence-electron chi connectivity index (χ4n) is 4.58. The highest BCUT2D eigenvalue weighted by Crippen LogP contribution is 2.37. The van der Waals surface area contributed by atoms with Gasteiger partial charge >= 0.3 is 0 Å². The first-order valence-electron chi connectivity index (χ1n) is 12.1. The lowest BCUT2D eigenvalue weighted by Gasteiger charge is -2.17. The van der Waals surface area contributed by atoms with Gasteiger partial charge in [-0.3, -0.25) is 9.79 Å². The van der Waals surface area contributed by atoms with Crippen LogP contribution in [0.2, 0.25) is 5.02 Å². The van der Waals surface area contributed by atoms with E-state index in [-0.39, 0.29) is 5.91 Å². The van der Waals surface area contributed by atoms with E-state index < -0.39 is 5.92 Å². The molecule has 0 bridgehead atoms. The maximum atomic E-state index is 13.0. The molecule has 1 atom stereocenters. The Labute approximate surface area is 217 Å². The summed E-state index contributed by atoms with van der Waals surface area (Å²) in [6, 6.07) is 34.3. The Morgan fingerprint density at radius 1 is 0.889 bits per heavy atom. The SMILES string of the molecule is CN(CCc1ccccc1)Cc1ccc(N=C(c2ccccc2)C2C(=O)Nc3cc(Cl)ccc32)cc1. The number of halogens is 1. The summed E-state index contributed by atoms with van der Waals surface area (Å²) in [5.41, 5.74) is 6.68. The first kappa shape index (κ1) is 24.0. The van der Waals surface area contributed by atoms with Crippen molar-refractivity contribution in [2.24, 2.45) is 4.99 Å². The second-order valence-corrected chi connectivity index (χ2v) is 9.59. The summed E-state index contributed by atoms with van der Waals surface area (Å²) in [4.78, 5) is 20.4. The number of carbonyl (C=O) groups is 1. The van der Waals surface area contributed by atoms with Gasteiger partial charge in [0.2, 0.25) is 5.91 Å². The molecule has 5 heteroatoms. The molecule has 180 valence electrons. The minimum Gasteiger partial charge on any atom is -0.325 e. The molecule has 1 unspecified atom stereocenters. The third-order valence-electron chi connectivity index (χ3n) is 6.45. The van der Waals surface area contributed by atoms with E-state index in [9.17, 15) is 4.79 Å². The van der Waals surface area contributed by atoms with Crippen LogP contribution in [0.1, 0.15) is 28.2 Å². The molecule has 1 N–H and O–H groups in total. The molecular weight excluding hydrogens is 466 g/mol. The first-order chi connectivity index (χ1) is 17.6. The minimum atomic E-state index is -0.497. The predicted molar refractivity (Wildman–Crippen MR) is 148 cm³/mol. The van der Waals surface area contributed by atoms with Crippen molar-refractivity contribution in [2.45, 2.75) is 18.9 Å². The van der Waals surface area contributed by atoms with Gasteiger partial charge in [-0.15, -0.1) is 0 Å². The maximum Gasteiger partial charge on any atom is 0.238 e.